The molecule has 8 nitrogen and oxygen atoms in total. The summed E-state index contributed by atoms with van der Waals surface area (Å²) in [5.74, 6) is 0.717. The number of carbonyl (C=O) groups excluding carboxylic acids is 2. The van der Waals surface area contributed by atoms with Crippen LogP contribution in [0.5, 0.6) is 23.0 Å². The fourth-order valence-electron chi connectivity index (χ4n) is 2.76. The van der Waals surface area contributed by atoms with Crippen LogP contribution in [0.1, 0.15) is 40.5 Å². The summed E-state index contributed by atoms with van der Waals surface area (Å²) >= 11 is 6.21. The maximum atomic E-state index is 12.5. The number of halogens is 1. The monoisotopic (exact) mass is 434 g/mol. The van der Waals surface area contributed by atoms with Crippen LogP contribution >= 0.6 is 11.6 Å². The van der Waals surface area contributed by atoms with E-state index in [4.69, 9.17) is 30.5 Å². The smallest absolute Gasteiger partial charge is 0.269 e. The molecule has 30 heavy (non-hydrogen) atoms. The van der Waals surface area contributed by atoms with Gasteiger partial charge in [-0.2, -0.15) is 0 Å². The van der Waals surface area contributed by atoms with Gasteiger partial charge in [-0.1, -0.05) is 18.5 Å². The quantitative estimate of drug-likeness (QED) is 0.677. The SMILES string of the molecule is CCCOc1ccc(C(=O)NNC(=O)c2cc(Cl)c3c(c2)OCCCO3)cc1OC. The predicted molar refractivity (Wildman–Crippen MR) is 111 cm³/mol. The Balaban J connectivity index is 1.67. The Bertz CT molecular complexity index is 934. The van der Waals surface area contributed by atoms with Crippen molar-refractivity contribution < 1.29 is 28.5 Å². The molecule has 2 aromatic carbocycles. The number of hydrogen-bond acceptors (Lipinski definition) is 6. The Morgan fingerprint density at radius 2 is 1.77 bits per heavy atom. The summed E-state index contributed by atoms with van der Waals surface area (Å²) in [6.45, 7) is 3.48. The van der Waals surface area contributed by atoms with E-state index in [9.17, 15) is 9.59 Å². The van der Waals surface area contributed by atoms with Gasteiger partial charge in [0.05, 0.1) is 32.0 Å². The van der Waals surface area contributed by atoms with E-state index in [1.54, 1.807) is 12.1 Å². The number of carbonyl (C=O) groups is 2. The first-order chi connectivity index (χ1) is 14.5. The molecule has 3 rings (SSSR count). The van der Waals surface area contributed by atoms with Crippen LogP contribution in [0.3, 0.4) is 0 Å². The third-order valence-electron chi connectivity index (χ3n) is 4.24. The number of amides is 2. The number of hydrogen-bond donors (Lipinski definition) is 2. The third kappa shape index (κ3) is 5.07. The minimum atomic E-state index is -0.546. The summed E-state index contributed by atoms with van der Waals surface area (Å²) in [5, 5.41) is 0.262. The van der Waals surface area contributed by atoms with Crippen molar-refractivity contribution >= 4 is 23.4 Å². The molecule has 0 spiro atoms. The second-order valence-corrected chi connectivity index (χ2v) is 6.87. The highest BCUT2D eigenvalue weighted by molar-refractivity contribution is 6.32. The van der Waals surface area contributed by atoms with Gasteiger partial charge in [-0.25, -0.2) is 0 Å². The van der Waals surface area contributed by atoms with Crippen LogP contribution in [0.4, 0.5) is 0 Å². The minimum absolute atomic E-state index is 0.227. The van der Waals surface area contributed by atoms with Crippen LogP contribution in [0, 0.1) is 0 Å². The largest absolute Gasteiger partial charge is 0.493 e. The third-order valence-corrected chi connectivity index (χ3v) is 4.52. The molecule has 0 saturated heterocycles. The van der Waals surface area contributed by atoms with E-state index in [0.29, 0.717) is 54.8 Å². The first kappa shape index (κ1) is 21.6. The number of hydrazine groups is 1. The van der Waals surface area contributed by atoms with E-state index in [1.807, 2.05) is 6.92 Å². The summed E-state index contributed by atoms with van der Waals surface area (Å²) in [7, 11) is 1.49. The van der Waals surface area contributed by atoms with Crippen molar-refractivity contribution in [3.05, 3.63) is 46.5 Å². The van der Waals surface area contributed by atoms with Crippen molar-refractivity contribution in [2.24, 2.45) is 0 Å². The predicted octanol–water partition coefficient (Wildman–Crippen LogP) is 3.37. The molecule has 0 radical (unpaired) electrons. The van der Waals surface area contributed by atoms with Crippen molar-refractivity contribution in [1.29, 1.82) is 0 Å². The van der Waals surface area contributed by atoms with Gasteiger partial charge in [-0.3, -0.25) is 20.4 Å². The van der Waals surface area contributed by atoms with Crippen LogP contribution in [0.2, 0.25) is 5.02 Å². The molecule has 1 aliphatic heterocycles. The van der Waals surface area contributed by atoms with Crippen LogP contribution in [-0.2, 0) is 0 Å². The minimum Gasteiger partial charge on any atom is -0.493 e. The van der Waals surface area contributed by atoms with E-state index in [0.717, 1.165) is 6.42 Å². The average molecular weight is 435 g/mol. The summed E-state index contributed by atoms with van der Waals surface area (Å²) in [6.07, 6.45) is 1.57. The van der Waals surface area contributed by atoms with Gasteiger partial charge in [0.2, 0.25) is 0 Å². The number of methoxy groups -OCH3 is 1. The Labute approximate surface area is 179 Å². The molecule has 1 heterocycles. The second kappa shape index (κ2) is 10.1. The standard InChI is InChI=1S/C21H23ClN2O6/c1-3-7-28-16-6-5-13(11-17(16)27-2)20(25)23-24-21(26)14-10-15(22)19-18(12-14)29-8-4-9-30-19/h5-6,10-12H,3-4,7-9H2,1-2H3,(H,23,25)(H,24,26). The summed E-state index contributed by atoms with van der Waals surface area (Å²) in [6, 6.07) is 7.75. The van der Waals surface area contributed by atoms with Crippen molar-refractivity contribution in [3.63, 3.8) is 0 Å². The lowest BCUT2D eigenvalue weighted by Gasteiger charge is -2.13. The van der Waals surface area contributed by atoms with Gasteiger partial charge >= 0.3 is 0 Å². The van der Waals surface area contributed by atoms with Crippen molar-refractivity contribution in [1.82, 2.24) is 10.9 Å². The molecular formula is C21H23ClN2O6. The van der Waals surface area contributed by atoms with Gasteiger partial charge in [-0.15, -0.1) is 0 Å². The molecule has 0 atom stereocenters. The zero-order valence-electron chi connectivity index (χ0n) is 16.7. The maximum Gasteiger partial charge on any atom is 0.269 e. The number of benzene rings is 2. The highest BCUT2D eigenvalue weighted by atomic mass is 35.5. The van der Waals surface area contributed by atoms with Crippen molar-refractivity contribution in [2.75, 3.05) is 26.9 Å². The van der Waals surface area contributed by atoms with Crippen LogP contribution in [0.25, 0.3) is 0 Å². The van der Waals surface area contributed by atoms with E-state index in [-0.39, 0.29) is 10.6 Å². The fourth-order valence-corrected chi connectivity index (χ4v) is 3.03. The molecule has 2 amide bonds. The Kier molecular flexibility index (Phi) is 7.24. The molecule has 9 heteroatoms. The first-order valence-electron chi connectivity index (χ1n) is 9.54. The van der Waals surface area contributed by atoms with Gasteiger partial charge < -0.3 is 18.9 Å². The first-order valence-corrected chi connectivity index (χ1v) is 9.92. The lowest BCUT2D eigenvalue weighted by molar-refractivity contribution is 0.0846. The second-order valence-electron chi connectivity index (χ2n) is 6.46. The summed E-state index contributed by atoms with van der Waals surface area (Å²) < 4.78 is 22.0. The Morgan fingerprint density at radius 1 is 1.03 bits per heavy atom. The molecule has 2 aromatic rings. The number of nitrogens with one attached hydrogen (secondary N) is 2. The number of fused-ring (bicyclic) bond motifs is 1. The molecule has 2 N–H and O–H groups in total. The molecule has 1 aliphatic rings. The van der Waals surface area contributed by atoms with Crippen LogP contribution in [-0.4, -0.2) is 38.7 Å². The molecule has 160 valence electrons. The van der Waals surface area contributed by atoms with E-state index in [2.05, 4.69) is 10.9 Å². The van der Waals surface area contributed by atoms with Crippen molar-refractivity contribution in [3.8, 4) is 23.0 Å². The maximum absolute atomic E-state index is 12.5. The van der Waals surface area contributed by atoms with Gasteiger partial charge in [0.1, 0.15) is 0 Å². The van der Waals surface area contributed by atoms with Gasteiger partial charge in [0, 0.05) is 17.5 Å². The van der Waals surface area contributed by atoms with E-state index < -0.39 is 11.8 Å². The van der Waals surface area contributed by atoms with E-state index in [1.165, 1.54) is 25.3 Å². The van der Waals surface area contributed by atoms with Gasteiger partial charge in [0.25, 0.3) is 11.8 Å². The highest BCUT2D eigenvalue weighted by Gasteiger charge is 2.19. The number of rotatable bonds is 6. The molecule has 0 fully saturated rings. The zero-order valence-corrected chi connectivity index (χ0v) is 17.5. The Morgan fingerprint density at radius 3 is 2.50 bits per heavy atom. The normalized spacial score (nSPS) is 12.5. The summed E-state index contributed by atoms with van der Waals surface area (Å²) in [5.41, 5.74) is 5.27. The highest BCUT2D eigenvalue weighted by Crippen LogP contribution is 2.38. The molecule has 0 unspecified atom stereocenters. The lowest BCUT2D eigenvalue weighted by atomic mass is 10.2. The molecule has 0 aliphatic carbocycles. The molecule has 0 saturated carbocycles. The van der Waals surface area contributed by atoms with E-state index >= 15 is 0 Å². The molecule has 0 bridgehead atoms. The van der Waals surface area contributed by atoms with Crippen LogP contribution in [0.15, 0.2) is 30.3 Å². The topological polar surface area (TPSA) is 95.1 Å². The van der Waals surface area contributed by atoms with Crippen molar-refractivity contribution in [2.45, 2.75) is 19.8 Å². The van der Waals surface area contributed by atoms with Gasteiger partial charge in [0.15, 0.2) is 23.0 Å². The molecular weight excluding hydrogens is 412 g/mol. The van der Waals surface area contributed by atoms with Crippen LogP contribution < -0.4 is 29.8 Å². The van der Waals surface area contributed by atoms with Gasteiger partial charge in [-0.05, 0) is 36.8 Å². The number of ether oxygens (including phenoxy) is 4. The average Bonchev–Trinajstić information content (AvgIpc) is 3.01. The summed E-state index contributed by atoms with van der Waals surface area (Å²) in [4.78, 5) is 24.9. The lowest BCUT2D eigenvalue weighted by Crippen LogP contribution is -2.41. The zero-order chi connectivity index (χ0) is 21.5. The Hall–Kier alpha value is -3.13. The molecule has 0 aromatic heterocycles. The fraction of sp³-hybridized carbons (Fsp3) is 0.333.